The van der Waals surface area contributed by atoms with E-state index in [2.05, 4.69) is 0 Å². The summed E-state index contributed by atoms with van der Waals surface area (Å²) in [7, 11) is 1.46. The van der Waals surface area contributed by atoms with E-state index in [0.29, 0.717) is 23.7 Å². The van der Waals surface area contributed by atoms with Crippen LogP contribution in [0.3, 0.4) is 0 Å². The maximum Gasteiger partial charge on any atom is 0.346 e. The molecule has 0 saturated carbocycles. The van der Waals surface area contributed by atoms with Crippen LogP contribution in [-0.4, -0.2) is 24.8 Å². The highest BCUT2D eigenvalue weighted by atomic mass is 35.5. The fraction of sp³-hybridized carbons (Fsp3) is 0.231. The highest BCUT2D eigenvalue weighted by Crippen LogP contribution is 2.36. The predicted molar refractivity (Wildman–Crippen MR) is 70.4 cm³/mol. The van der Waals surface area contributed by atoms with Crippen LogP contribution >= 0.6 is 11.6 Å². The van der Waals surface area contributed by atoms with Gasteiger partial charge in [0.1, 0.15) is 11.6 Å². The van der Waals surface area contributed by atoms with Crippen molar-refractivity contribution in [1.29, 1.82) is 5.26 Å². The molecule has 0 aromatic heterocycles. The van der Waals surface area contributed by atoms with Crippen LogP contribution in [0.1, 0.15) is 12.5 Å². The van der Waals surface area contributed by atoms with E-state index in [-0.39, 0.29) is 10.6 Å². The lowest BCUT2D eigenvalue weighted by molar-refractivity contribution is -0.132. The highest BCUT2D eigenvalue weighted by Gasteiger charge is 2.12. The number of hydrogen-bond donors (Lipinski definition) is 1. The average molecular weight is 282 g/mol. The van der Waals surface area contributed by atoms with Crippen LogP contribution in [0.5, 0.6) is 11.5 Å². The number of methoxy groups -OCH3 is 1. The largest absolute Gasteiger partial charge is 0.491 e. The summed E-state index contributed by atoms with van der Waals surface area (Å²) in [5, 5.41) is 17.8. The number of ether oxygens (including phenoxy) is 2. The molecule has 0 fully saturated rings. The van der Waals surface area contributed by atoms with Gasteiger partial charge >= 0.3 is 5.97 Å². The molecule has 1 N–H and O–H groups in total. The van der Waals surface area contributed by atoms with Crippen LogP contribution < -0.4 is 9.47 Å². The van der Waals surface area contributed by atoms with Crippen molar-refractivity contribution in [2.24, 2.45) is 0 Å². The third-order valence-corrected chi connectivity index (χ3v) is 2.48. The lowest BCUT2D eigenvalue weighted by atomic mass is 10.1. The van der Waals surface area contributed by atoms with Gasteiger partial charge in [-0.2, -0.15) is 5.26 Å². The molecule has 1 aromatic rings. The van der Waals surface area contributed by atoms with E-state index < -0.39 is 5.97 Å². The molecule has 0 unspecified atom stereocenters. The quantitative estimate of drug-likeness (QED) is 0.663. The van der Waals surface area contributed by atoms with Gasteiger partial charge in [-0.3, -0.25) is 0 Å². The van der Waals surface area contributed by atoms with Crippen molar-refractivity contribution < 1.29 is 19.4 Å². The van der Waals surface area contributed by atoms with Gasteiger partial charge in [0.05, 0.1) is 18.7 Å². The second-order valence-electron chi connectivity index (χ2n) is 3.44. The average Bonchev–Trinajstić information content (AvgIpc) is 2.35. The van der Waals surface area contributed by atoms with E-state index in [9.17, 15) is 4.79 Å². The minimum Gasteiger partial charge on any atom is -0.491 e. The molecule has 0 saturated heterocycles. The van der Waals surface area contributed by atoms with E-state index >= 15 is 0 Å². The Labute approximate surface area is 115 Å². The first kappa shape index (κ1) is 14.9. The summed E-state index contributed by atoms with van der Waals surface area (Å²) in [6.07, 6.45) is 1.22. The number of carbonyl (C=O) groups is 1. The van der Waals surface area contributed by atoms with Crippen molar-refractivity contribution >= 4 is 23.6 Å². The minimum atomic E-state index is -1.30. The SMILES string of the molecule is CCOc1cc(/C=C(\C#N)C(=O)O)cc(Cl)c1OC. The van der Waals surface area contributed by atoms with Crippen LogP contribution in [-0.2, 0) is 4.79 Å². The monoisotopic (exact) mass is 281 g/mol. The van der Waals surface area contributed by atoms with Crippen molar-refractivity contribution in [1.82, 2.24) is 0 Å². The summed E-state index contributed by atoms with van der Waals surface area (Å²) in [5.41, 5.74) is 0.0666. The van der Waals surface area contributed by atoms with E-state index in [4.69, 9.17) is 31.4 Å². The molecule has 0 aliphatic heterocycles. The van der Waals surface area contributed by atoms with Gasteiger partial charge in [-0.1, -0.05) is 11.6 Å². The summed E-state index contributed by atoms with van der Waals surface area (Å²) in [6.45, 7) is 2.21. The first-order valence-electron chi connectivity index (χ1n) is 5.38. The van der Waals surface area contributed by atoms with E-state index in [0.717, 1.165) is 0 Å². The van der Waals surface area contributed by atoms with Crippen molar-refractivity contribution in [2.75, 3.05) is 13.7 Å². The molecule has 0 aliphatic carbocycles. The number of nitrogens with zero attached hydrogens (tertiary/aromatic N) is 1. The number of halogens is 1. The third-order valence-electron chi connectivity index (χ3n) is 2.20. The van der Waals surface area contributed by atoms with Gasteiger partial charge in [0.15, 0.2) is 11.5 Å². The Balaban J connectivity index is 3.32. The molecule has 5 nitrogen and oxygen atoms in total. The Bertz CT molecular complexity index is 560. The molecule has 0 spiro atoms. The van der Waals surface area contributed by atoms with Gasteiger partial charge in [0.2, 0.25) is 0 Å². The van der Waals surface area contributed by atoms with Gasteiger partial charge in [-0.05, 0) is 30.7 Å². The normalized spacial score (nSPS) is 10.7. The zero-order chi connectivity index (χ0) is 14.4. The molecule has 0 radical (unpaired) electrons. The zero-order valence-electron chi connectivity index (χ0n) is 10.4. The highest BCUT2D eigenvalue weighted by molar-refractivity contribution is 6.32. The summed E-state index contributed by atoms with van der Waals surface area (Å²) in [6, 6.07) is 4.66. The minimum absolute atomic E-state index is 0.280. The number of rotatable bonds is 5. The number of benzene rings is 1. The van der Waals surface area contributed by atoms with Crippen LogP contribution in [0, 0.1) is 11.3 Å². The predicted octanol–water partition coefficient (Wildman–Crippen LogP) is 2.74. The van der Waals surface area contributed by atoms with Crippen molar-refractivity contribution in [2.45, 2.75) is 6.92 Å². The summed E-state index contributed by atoms with van der Waals surface area (Å²) in [4.78, 5) is 10.8. The standard InChI is InChI=1S/C13H12ClNO4/c1-3-19-11-6-8(4-9(7-15)13(16)17)5-10(14)12(11)18-2/h4-6H,3H2,1-2H3,(H,16,17)/b9-4+. The second kappa shape index (κ2) is 6.66. The van der Waals surface area contributed by atoms with E-state index in [1.165, 1.54) is 19.3 Å². The van der Waals surface area contributed by atoms with Crippen LogP contribution in [0.25, 0.3) is 6.08 Å². The lowest BCUT2D eigenvalue weighted by Crippen LogP contribution is -1.99. The molecule has 19 heavy (non-hydrogen) atoms. The van der Waals surface area contributed by atoms with Gasteiger partial charge in [-0.25, -0.2) is 4.79 Å². The van der Waals surface area contributed by atoms with Gasteiger partial charge in [0.25, 0.3) is 0 Å². The Morgan fingerprint density at radius 3 is 2.74 bits per heavy atom. The fourth-order valence-electron chi connectivity index (χ4n) is 1.44. The summed E-state index contributed by atoms with van der Waals surface area (Å²) >= 11 is 6.01. The van der Waals surface area contributed by atoms with Gasteiger partial charge < -0.3 is 14.6 Å². The number of hydrogen-bond acceptors (Lipinski definition) is 4. The van der Waals surface area contributed by atoms with E-state index in [1.54, 1.807) is 19.1 Å². The first-order valence-corrected chi connectivity index (χ1v) is 5.76. The number of carboxylic acids is 1. The van der Waals surface area contributed by atoms with Crippen molar-refractivity contribution in [3.63, 3.8) is 0 Å². The molecule has 0 heterocycles. The third kappa shape index (κ3) is 3.63. The Morgan fingerprint density at radius 1 is 1.58 bits per heavy atom. The molecule has 6 heteroatoms. The maximum atomic E-state index is 10.8. The molecule has 100 valence electrons. The molecule has 0 aliphatic rings. The van der Waals surface area contributed by atoms with Gasteiger partial charge in [0, 0.05) is 0 Å². The molecule has 1 rings (SSSR count). The van der Waals surface area contributed by atoms with Crippen LogP contribution in [0.4, 0.5) is 0 Å². The molecule has 0 bridgehead atoms. The van der Waals surface area contributed by atoms with Crippen LogP contribution in [0.2, 0.25) is 5.02 Å². The molecule has 1 aromatic carbocycles. The number of carboxylic acid groups (broad SMARTS) is 1. The molecular formula is C13H12ClNO4. The number of nitriles is 1. The van der Waals surface area contributed by atoms with Gasteiger partial charge in [-0.15, -0.1) is 0 Å². The van der Waals surface area contributed by atoms with E-state index in [1.807, 2.05) is 0 Å². The first-order chi connectivity index (χ1) is 9.03. The molecule has 0 atom stereocenters. The Kier molecular flexibility index (Phi) is 5.22. The maximum absolute atomic E-state index is 10.8. The Morgan fingerprint density at radius 2 is 2.26 bits per heavy atom. The second-order valence-corrected chi connectivity index (χ2v) is 3.85. The topological polar surface area (TPSA) is 79.5 Å². The Hall–Kier alpha value is -2.19. The zero-order valence-corrected chi connectivity index (χ0v) is 11.2. The van der Waals surface area contributed by atoms with Crippen LogP contribution in [0.15, 0.2) is 17.7 Å². The smallest absolute Gasteiger partial charge is 0.346 e. The summed E-state index contributed by atoms with van der Waals surface area (Å²) < 4.78 is 10.5. The number of aliphatic carboxylic acids is 1. The fourth-order valence-corrected chi connectivity index (χ4v) is 1.74. The summed E-state index contributed by atoms with van der Waals surface area (Å²) in [5.74, 6) is -0.534. The molecular weight excluding hydrogens is 270 g/mol. The van der Waals surface area contributed by atoms with Crippen molar-refractivity contribution in [3.05, 3.63) is 28.3 Å². The lowest BCUT2D eigenvalue weighted by Gasteiger charge is -2.11. The molecule has 0 amide bonds. The van der Waals surface area contributed by atoms with Crippen molar-refractivity contribution in [3.8, 4) is 17.6 Å².